The summed E-state index contributed by atoms with van der Waals surface area (Å²) >= 11 is 3.45. The first-order valence-corrected chi connectivity index (χ1v) is 8.33. The Labute approximate surface area is 136 Å². The maximum absolute atomic E-state index is 5.90. The third-order valence-corrected chi connectivity index (χ3v) is 4.12. The van der Waals surface area contributed by atoms with Crippen molar-refractivity contribution < 1.29 is 14.0 Å². The molecule has 1 aliphatic heterocycles. The van der Waals surface area contributed by atoms with E-state index >= 15 is 0 Å². The predicted octanol–water partition coefficient (Wildman–Crippen LogP) is 2.30. The molecular formula is C15H23BBrNO3. The second kappa shape index (κ2) is 8.78. The highest BCUT2D eigenvalue weighted by atomic mass is 79.9. The lowest BCUT2D eigenvalue weighted by molar-refractivity contribution is 0.115. The van der Waals surface area contributed by atoms with E-state index in [1.807, 2.05) is 18.2 Å². The maximum atomic E-state index is 5.90. The highest BCUT2D eigenvalue weighted by Gasteiger charge is 2.27. The Morgan fingerprint density at radius 1 is 1.29 bits per heavy atom. The Bertz CT molecular complexity index is 437. The zero-order valence-electron chi connectivity index (χ0n) is 12.8. The van der Waals surface area contributed by atoms with Gasteiger partial charge in [0.15, 0.2) is 0 Å². The van der Waals surface area contributed by atoms with Crippen LogP contribution in [-0.4, -0.2) is 52.0 Å². The van der Waals surface area contributed by atoms with E-state index in [1.54, 1.807) is 7.11 Å². The molecule has 0 spiro atoms. The molecule has 1 aromatic carbocycles. The van der Waals surface area contributed by atoms with Crippen LogP contribution in [0.3, 0.4) is 0 Å². The van der Waals surface area contributed by atoms with Gasteiger partial charge in [0.1, 0.15) is 5.75 Å². The number of ether oxygens (including phenoxy) is 1. The molecule has 1 aliphatic rings. The highest BCUT2D eigenvalue weighted by Crippen LogP contribution is 2.17. The molecule has 0 bridgehead atoms. The van der Waals surface area contributed by atoms with E-state index in [4.69, 9.17) is 14.0 Å². The molecule has 1 aromatic rings. The summed E-state index contributed by atoms with van der Waals surface area (Å²) in [5, 5.41) is 0. The number of hydrogen-bond donors (Lipinski definition) is 0. The van der Waals surface area contributed by atoms with Crippen LogP contribution in [0, 0.1) is 0 Å². The summed E-state index contributed by atoms with van der Waals surface area (Å²) in [5.74, 6) is 0.790. The quantitative estimate of drug-likeness (QED) is 0.758. The number of hydrogen-bond acceptors (Lipinski definition) is 4. The molecule has 6 heteroatoms. The van der Waals surface area contributed by atoms with Crippen molar-refractivity contribution in [1.29, 1.82) is 0 Å². The van der Waals surface area contributed by atoms with E-state index in [0.29, 0.717) is 13.2 Å². The molecule has 21 heavy (non-hydrogen) atoms. The van der Waals surface area contributed by atoms with Gasteiger partial charge >= 0.3 is 7.12 Å². The minimum atomic E-state index is -0.346. The number of halogens is 1. The normalized spacial score (nSPS) is 17.4. The Kier molecular flexibility index (Phi) is 7.03. The molecule has 0 aromatic heterocycles. The van der Waals surface area contributed by atoms with Crippen molar-refractivity contribution in [2.45, 2.75) is 19.8 Å². The third kappa shape index (κ3) is 4.99. The summed E-state index contributed by atoms with van der Waals surface area (Å²) in [7, 11) is 1.32. The van der Waals surface area contributed by atoms with Gasteiger partial charge in [0.05, 0.1) is 7.11 Å². The molecule has 116 valence electrons. The Morgan fingerprint density at radius 2 is 2.00 bits per heavy atom. The number of nitrogens with zero attached hydrogens (tertiary/aromatic N) is 1. The minimum Gasteiger partial charge on any atom is -0.497 e. The van der Waals surface area contributed by atoms with Crippen LogP contribution < -0.4 is 10.2 Å². The summed E-state index contributed by atoms with van der Waals surface area (Å²) in [6, 6.07) is 5.91. The molecule has 4 nitrogen and oxygen atoms in total. The Hall–Kier alpha value is -0.555. The topological polar surface area (TPSA) is 30.9 Å². The lowest BCUT2D eigenvalue weighted by Crippen LogP contribution is -2.45. The first-order valence-electron chi connectivity index (χ1n) is 7.53. The molecular weight excluding hydrogens is 333 g/mol. The fourth-order valence-electron chi connectivity index (χ4n) is 2.40. The molecule has 0 saturated carbocycles. The summed E-state index contributed by atoms with van der Waals surface area (Å²) in [5.41, 5.74) is 0.947. The van der Waals surface area contributed by atoms with Gasteiger partial charge in [-0.05, 0) is 25.1 Å². The molecule has 0 N–H and O–H groups in total. The van der Waals surface area contributed by atoms with Gasteiger partial charge in [-0.2, -0.15) is 0 Å². The van der Waals surface area contributed by atoms with Gasteiger partial charge in [-0.1, -0.05) is 35.3 Å². The predicted molar refractivity (Wildman–Crippen MR) is 89.3 cm³/mol. The lowest BCUT2D eigenvalue weighted by Gasteiger charge is -2.27. The van der Waals surface area contributed by atoms with Crippen molar-refractivity contribution in [3.8, 4) is 5.75 Å². The second-order valence-electron chi connectivity index (χ2n) is 5.15. The largest absolute Gasteiger partial charge is 0.497 e. The van der Waals surface area contributed by atoms with Crippen LogP contribution in [0.5, 0.6) is 5.75 Å². The average Bonchev–Trinajstić information content (AvgIpc) is 2.46. The van der Waals surface area contributed by atoms with Gasteiger partial charge in [-0.25, -0.2) is 0 Å². The molecule has 1 fully saturated rings. The Balaban J connectivity index is 1.97. The lowest BCUT2D eigenvalue weighted by atomic mass is 9.78. The zero-order chi connectivity index (χ0) is 15.1. The van der Waals surface area contributed by atoms with E-state index in [0.717, 1.165) is 35.3 Å². The number of benzene rings is 1. The van der Waals surface area contributed by atoms with Crippen molar-refractivity contribution in [3.63, 3.8) is 0 Å². The first kappa shape index (κ1) is 16.8. The van der Waals surface area contributed by atoms with Crippen molar-refractivity contribution in [2.24, 2.45) is 0 Å². The summed E-state index contributed by atoms with van der Waals surface area (Å²) in [6.07, 6.45) is 2.45. The molecule has 0 amide bonds. The van der Waals surface area contributed by atoms with Crippen LogP contribution in [0.2, 0.25) is 0 Å². The molecule has 0 aliphatic carbocycles. The molecule has 0 unspecified atom stereocenters. The maximum Gasteiger partial charge on any atom is 0.497 e. The fourth-order valence-corrected chi connectivity index (χ4v) is 2.74. The van der Waals surface area contributed by atoms with E-state index in [1.165, 1.54) is 12.8 Å². The van der Waals surface area contributed by atoms with Crippen molar-refractivity contribution in [1.82, 2.24) is 4.90 Å². The molecule has 1 saturated heterocycles. The number of methoxy groups -OCH3 is 1. The van der Waals surface area contributed by atoms with Crippen LogP contribution in [-0.2, 0) is 9.31 Å². The van der Waals surface area contributed by atoms with Crippen LogP contribution in [0.15, 0.2) is 22.7 Å². The summed E-state index contributed by atoms with van der Waals surface area (Å²) in [6.45, 7) is 6.60. The van der Waals surface area contributed by atoms with Gasteiger partial charge in [0.25, 0.3) is 0 Å². The monoisotopic (exact) mass is 355 g/mol. The zero-order valence-corrected chi connectivity index (χ0v) is 14.4. The van der Waals surface area contributed by atoms with Crippen molar-refractivity contribution >= 4 is 28.5 Å². The van der Waals surface area contributed by atoms with Crippen molar-refractivity contribution in [3.05, 3.63) is 22.7 Å². The van der Waals surface area contributed by atoms with Gasteiger partial charge in [-0.15, -0.1) is 0 Å². The standard InChI is InChI=1S/C15H23BBrNO3/c1-3-4-7-18-8-10-20-16(21-11-9-18)14-6-5-13(17)12-15(14)19-2/h5-6,12H,3-4,7-11H2,1-2H3. The van der Waals surface area contributed by atoms with E-state index in [-0.39, 0.29) is 7.12 Å². The van der Waals surface area contributed by atoms with Crippen LogP contribution >= 0.6 is 15.9 Å². The van der Waals surface area contributed by atoms with E-state index in [9.17, 15) is 0 Å². The first-order chi connectivity index (χ1) is 10.2. The smallest absolute Gasteiger partial charge is 0.497 e. The van der Waals surface area contributed by atoms with Crippen molar-refractivity contribution in [2.75, 3.05) is 40.0 Å². The average molecular weight is 356 g/mol. The Morgan fingerprint density at radius 3 is 2.62 bits per heavy atom. The van der Waals surface area contributed by atoms with Gasteiger partial charge in [0, 0.05) is 36.2 Å². The van der Waals surface area contributed by atoms with E-state index < -0.39 is 0 Å². The molecule has 1 heterocycles. The third-order valence-electron chi connectivity index (χ3n) is 3.63. The van der Waals surface area contributed by atoms with Crippen LogP contribution in [0.1, 0.15) is 19.8 Å². The highest BCUT2D eigenvalue weighted by molar-refractivity contribution is 9.10. The molecule has 2 rings (SSSR count). The SMILES string of the molecule is CCCCN1CCOB(c2ccc(Br)cc2OC)OCC1. The number of rotatable bonds is 5. The fraction of sp³-hybridized carbons (Fsp3) is 0.600. The minimum absolute atomic E-state index is 0.346. The molecule has 0 atom stereocenters. The van der Waals surface area contributed by atoms with Crippen LogP contribution in [0.4, 0.5) is 0 Å². The summed E-state index contributed by atoms with van der Waals surface area (Å²) < 4.78 is 18.2. The van der Waals surface area contributed by atoms with Gasteiger partial charge in [0.2, 0.25) is 0 Å². The van der Waals surface area contributed by atoms with E-state index in [2.05, 4.69) is 27.8 Å². The second-order valence-corrected chi connectivity index (χ2v) is 6.07. The van der Waals surface area contributed by atoms with Gasteiger partial charge < -0.3 is 14.0 Å². The van der Waals surface area contributed by atoms with Crippen LogP contribution in [0.25, 0.3) is 0 Å². The summed E-state index contributed by atoms with van der Waals surface area (Å²) in [4.78, 5) is 2.40. The molecule has 0 radical (unpaired) electrons. The number of unbranched alkanes of at least 4 members (excludes halogenated alkanes) is 1. The van der Waals surface area contributed by atoms with Gasteiger partial charge in [-0.3, -0.25) is 4.90 Å².